The van der Waals surface area contributed by atoms with Gasteiger partial charge in [0.05, 0.1) is 12.0 Å². The van der Waals surface area contributed by atoms with Gasteiger partial charge in [0.25, 0.3) is 5.56 Å². The second-order valence-corrected chi connectivity index (χ2v) is 3.68. The summed E-state index contributed by atoms with van der Waals surface area (Å²) in [7, 11) is 0. The Labute approximate surface area is 92.8 Å². The number of H-pyrrole nitrogens is 1. The minimum atomic E-state index is -0.154. The molecule has 16 heavy (non-hydrogen) atoms. The maximum absolute atomic E-state index is 11.1. The van der Waals surface area contributed by atoms with Crippen LogP contribution >= 0.6 is 0 Å². The monoisotopic (exact) mass is 212 g/mol. The van der Waals surface area contributed by atoms with E-state index in [1.807, 2.05) is 31.2 Å². The second kappa shape index (κ2) is 4.14. The van der Waals surface area contributed by atoms with Crippen LogP contribution in [0.15, 0.2) is 35.4 Å². The Morgan fingerprint density at radius 2 is 2.19 bits per heavy atom. The molecule has 0 amide bonds. The standard InChI is InChI=1S/C13H12N2O/c1-9-3-4-11(10(2)5-9)6-12-7-13(16)15-8-14-12/h3-8H,2H2,1H3,(H,14,15,16)/b11-6-. The molecule has 80 valence electrons. The zero-order valence-corrected chi connectivity index (χ0v) is 9.03. The summed E-state index contributed by atoms with van der Waals surface area (Å²) in [5, 5.41) is 1.91. The van der Waals surface area contributed by atoms with E-state index in [1.165, 1.54) is 18.0 Å². The van der Waals surface area contributed by atoms with Crippen LogP contribution in [0.5, 0.6) is 0 Å². The first-order chi connectivity index (χ1) is 7.65. The molecule has 1 aromatic heterocycles. The van der Waals surface area contributed by atoms with E-state index in [9.17, 15) is 4.79 Å². The lowest BCUT2D eigenvalue weighted by Crippen LogP contribution is -2.23. The van der Waals surface area contributed by atoms with E-state index < -0.39 is 0 Å². The van der Waals surface area contributed by atoms with E-state index in [0.29, 0.717) is 5.69 Å². The highest BCUT2D eigenvalue weighted by molar-refractivity contribution is 5.44. The first-order valence-corrected chi connectivity index (χ1v) is 4.97. The van der Waals surface area contributed by atoms with Crippen LogP contribution in [0.1, 0.15) is 11.3 Å². The Balaban J connectivity index is 2.60. The van der Waals surface area contributed by atoms with Gasteiger partial charge in [0.2, 0.25) is 0 Å². The van der Waals surface area contributed by atoms with Crippen LogP contribution in [-0.2, 0) is 0 Å². The minimum absolute atomic E-state index is 0.154. The highest BCUT2D eigenvalue weighted by atomic mass is 16.1. The zero-order valence-electron chi connectivity index (χ0n) is 9.03. The molecule has 0 fully saturated rings. The van der Waals surface area contributed by atoms with Gasteiger partial charge < -0.3 is 4.98 Å². The molecule has 0 saturated carbocycles. The van der Waals surface area contributed by atoms with E-state index in [-0.39, 0.29) is 5.56 Å². The van der Waals surface area contributed by atoms with Crippen molar-refractivity contribution in [2.45, 2.75) is 6.92 Å². The molecule has 2 rings (SSSR count). The molecule has 1 aromatic carbocycles. The molecule has 1 N–H and O–H groups in total. The Bertz CT molecular complexity index is 671. The summed E-state index contributed by atoms with van der Waals surface area (Å²) in [5.41, 5.74) is 1.65. The third-order valence-electron chi connectivity index (χ3n) is 2.30. The highest BCUT2D eigenvalue weighted by Gasteiger charge is 1.91. The van der Waals surface area contributed by atoms with Gasteiger partial charge in [-0.25, -0.2) is 4.98 Å². The molecule has 1 heterocycles. The number of nitrogens with one attached hydrogen (secondary N) is 1. The van der Waals surface area contributed by atoms with Gasteiger partial charge in [-0.3, -0.25) is 4.79 Å². The molecular formula is C13H12N2O. The minimum Gasteiger partial charge on any atom is -0.313 e. The molecule has 0 saturated heterocycles. The van der Waals surface area contributed by atoms with Gasteiger partial charge in [-0.1, -0.05) is 30.3 Å². The van der Waals surface area contributed by atoms with E-state index in [0.717, 1.165) is 10.4 Å². The summed E-state index contributed by atoms with van der Waals surface area (Å²) < 4.78 is 0. The number of rotatable bonds is 1. The van der Waals surface area contributed by atoms with Crippen molar-refractivity contribution in [3.8, 4) is 0 Å². The Morgan fingerprint density at radius 3 is 2.88 bits per heavy atom. The number of aromatic amines is 1. The van der Waals surface area contributed by atoms with Crippen molar-refractivity contribution in [3.05, 3.63) is 62.6 Å². The normalized spacial score (nSPS) is 11.7. The fourth-order valence-electron chi connectivity index (χ4n) is 1.50. The van der Waals surface area contributed by atoms with Gasteiger partial charge in [-0.15, -0.1) is 0 Å². The predicted octanol–water partition coefficient (Wildman–Crippen LogP) is 0.317. The van der Waals surface area contributed by atoms with Crippen molar-refractivity contribution in [2.24, 2.45) is 0 Å². The van der Waals surface area contributed by atoms with Gasteiger partial charge in [0, 0.05) is 6.07 Å². The molecule has 2 aromatic rings. The summed E-state index contributed by atoms with van der Waals surface area (Å²) in [6, 6.07) is 7.44. The van der Waals surface area contributed by atoms with E-state index in [4.69, 9.17) is 0 Å². The van der Waals surface area contributed by atoms with E-state index >= 15 is 0 Å². The topological polar surface area (TPSA) is 45.8 Å². The maximum Gasteiger partial charge on any atom is 0.251 e. The third-order valence-corrected chi connectivity index (χ3v) is 2.30. The number of aryl methyl sites for hydroxylation is 1. The first-order valence-electron chi connectivity index (χ1n) is 4.97. The van der Waals surface area contributed by atoms with Crippen LogP contribution < -0.4 is 16.0 Å². The van der Waals surface area contributed by atoms with Crippen molar-refractivity contribution in [3.63, 3.8) is 0 Å². The van der Waals surface area contributed by atoms with Crippen LogP contribution in [0.2, 0.25) is 0 Å². The maximum atomic E-state index is 11.1. The van der Waals surface area contributed by atoms with Crippen LogP contribution in [0, 0.1) is 6.92 Å². The summed E-state index contributed by atoms with van der Waals surface area (Å²) in [6.07, 6.45) is 3.24. The van der Waals surface area contributed by atoms with Crippen molar-refractivity contribution in [2.75, 3.05) is 0 Å². The quantitative estimate of drug-likeness (QED) is 0.740. The van der Waals surface area contributed by atoms with Gasteiger partial charge in [0.1, 0.15) is 0 Å². The fraction of sp³-hybridized carbons (Fsp3) is 0.0769. The average molecular weight is 212 g/mol. The van der Waals surface area contributed by atoms with Crippen LogP contribution in [0.4, 0.5) is 0 Å². The average Bonchev–Trinajstić information content (AvgIpc) is 2.22. The van der Waals surface area contributed by atoms with Gasteiger partial charge >= 0.3 is 0 Å². The summed E-state index contributed by atoms with van der Waals surface area (Å²) in [6.45, 7) is 5.97. The molecule has 0 spiro atoms. The summed E-state index contributed by atoms with van der Waals surface area (Å²) >= 11 is 0. The lowest BCUT2D eigenvalue weighted by atomic mass is 10.1. The lowest BCUT2D eigenvalue weighted by molar-refractivity contribution is 1.10. The van der Waals surface area contributed by atoms with Gasteiger partial charge in [-0.2, -0.15) is 0 Å². The number of hydrogen-bond donors (Lipinski definition) is 1. The number of benzene rings is 1. The summed E-state index contributed by atoms with van der Waals surface area (Å²) in [4.78, 5) is 17.6. The molecule has 0 aliphatic heterocycles. The fourth-order valence-corrected chi connectivity index (χ4v) is 1.50. The van der Waals surface area contributed by atoms with Crippen molar-refractivity contribution >= 4 is 12.7 Å². The third kappa shape index (κ3) is 2.25. The van der Waals surface area contributed by atoms with Crippen molar-refractivity contribution < 1.29 is 0 Å². The lowest BCUT2D eigenvalue weighted by Gasteiger charge is -1.94. The van der Waals surface area contributed by atoms with E-state index in [1.54, 1.807) is 0 Å². The molecule has 0 bridgehead atoms. The van der Waals surface area contributed by atoms with Gasteiger partial charge in [-0.05, 0) is 23.4 Å². The Hall–Kier alpha value is -2.16. The van der Waals surface area contributed by atoms with Crippen molar-refractivity contribution in [1.29, 1.82) is 0 Å². The predicted molar refractivity (Wildman–Crippen MR) is 64.4 cm³/mol. The number of hydrogen-bond acceptors (Lipinski definition) is 2. The van der Waals surface area contributed by atoms with Crippen LogP contribution in [-0.4, -0.2) is 9.97 Å². The zero-order chi connectivity index (χ0) is 11.5. The van der Waals surface area contributed by atoms with Crippen LogP contribution in [0.3, 0.4) is 0 Å². The number of aromatic nitrogens is 2. The Morgan fingerprint density at radius 1 is 1.38 bits per heavy atom. The SMILES string of the molecule is C=c1cc(C)cc/c1=C/c1cc(=O)[nH]cn1. The molecule has 3 nitrogen and oxygen atoms in total. The van der Waals surface area contributed by atoms with Gasteiger partial charge in [0.15, 0.2) is 0 Å². The van der Waals surface area contributed by atoms with Crippen LogP contribution in [0.25, 0.3) is 12.7 Å². The first kappa shape index (κ1) is 10.4. The molecular weight excluding hydrogens is 200 g/mol. The summed E-state index contributed by atoms with van der Waals surface area (Å²) in [5.74, 6) is 0. The Kier molecular flexibility index (Phi) is 2.68. The molecule has 3 heteroatoms. The smallest absolute Gasteiger partial charge is 0.251 e. The molecule has 0 radical (unpaired) electrons. The molecule has 0 unspecified atom stereocenters. The molecule has 0 aliphatic carbocycles. The molecule has 0 atom stereocenters. The second-order valence-electron chi connectivity index (χ2n) is 3.68. The van der Waals surface area contributed by atoms with Crippen molar-refractivity contribution in [1.82, 2.24) is 9.97 Å². The highest BCUT2D eigenvalue weighted by Crippen LogP contribution is 1.89. The molecule has 0 aliphatic rings. The van der Waals surface area contributed by atoms with E-state index in [2.05, 4.69) is 16.5 Å². The number of nitrogens with zero attached hydrogens (tertiary/aromatic N) is 1. The largest absolute Gasteiger partial charge is 0.313 e.